The molecular weight excluding hydrogens is 226 g/mol. The van der Waals surface area contributed by atoms with Crippen LogP contribution in [-0.4, -0.2) is 41.3 Å². The van der Waals surface area contributed by atoms with Crippen LogP contribution >= 0.6 is 0 Å². The number of nitrogens with zero attached hydrogens (tertiary/aromatic N) is 3. The molecule has 1 aliphatic heterocycles. The highest BCUT2D eigenvalue weighted by molar-refractivity contribution is 7.89. The van der Waals surface area contributed by atoms with Gasteiger partial charge in [0.1, 0.15) is 0 Å². The molecule has 2 rings (SSSR count). The molecule has 0 bridgehead atoms. The van der Waals surface area contributed by atoms with E-state index in [1.54, 1.807) is 15.2 Å². The van der Waals surface area contributed by atoms with Crippen LogP contribution < -0.4 is 0 Å². The zero-order valence-corrected chi connectivity index (χ0v) is 10.3. The van der Waals surface area contributed by atoms with E-state index in [2.05, 4.69) is 5.10 Å². The Labute approximate surface area is 96.1 Å². The molecule has 2 heterocycles. The Bertz CT molecular complexity index is 452. The second-order valence-electron chi connectivity index (χ2n) is 4.19. The third-order valence-corrected chi connectivity index (χ3v) is 4.82. The fourth-order valence-corrected chi connectivity index (χ4v) is 3.55. The van der Waals surface area contributed by atoms with Crippen molar-refractivity contribution in [3.63, 3.8) is 0 Å². The predicted octanol–water partition coefficient (Wildman–Crippen LogP) is 0.388. The molecule has 1 aliphatic rings. The molecule has 0 unspecified atom stereocenters. The lowest BCUT2D eigenvalue weighted by Crippen LogP contribution is -2.39. The largest absolute Gasteiger partial charge is 0.276 e. The second kappa shape index (κ2) is 4.55. The van der Waals surface area contributed by atoms with Crippen molar-refractivity contribution < 1.29 is 8.42 Å². The standard InChI is InChI=1S/C10H17N3O2S/c1-12-9-10(8-11-12)4-6-13-5-2-3-7-16(13,14)15/h8-9H,2-7H2,1H3. The number of aromatic nitrogens is 2. The molecule has 0 spiro atoms. The van der Waals surface area contributed by atoms with Gasteiger partial charge < -0.3 is 0 Å². The fraction of sp³-hybridized carbons (Fsp3) is 0.700. The van der Waals surface area contributed by atoms with Crippen LogP contribution in [-0.2, 0) is 23.5 Å². The highest BCUT2D eigenvalue weighted by Crippen LogP contribution is 2.14. The Morgan fingerprint density at radius 2 is 2.25 bits per heavy atom. The Hall–Kier alpha value is -0.880. The molecule has 0 saturated carbocycles. The Kier molecular flexibility index (Phi) is 3.30. The first-order chi connectivity index (χ1) is 7.58. The van der Waals surface area contributed by atoms with Crippen LogP contribution in [0.4, 0.5) is 0 Å². The van der Waals surface area contributed by atoms with Gasteiger partial charge in [-0.3, -0.25) is 4.68 Å². The molecule has 1 aromatic rings. The van der Waals surface area contributed by atoms with E-state index in [0.29, 0.717) is 18.8 Å². The molecule has 0 aromatic carbocycles. The van der Waals surface area contributed by atoms with Crippen molar-refractivity contribution in [2.24, 2.45) is 7.05 Å². The van der Waals surface area contributed by atoms with E-state index in [0.717, 1.165) is 24.8 Å². The maximum Gasteiger partial charge on any atom is 0.214 e. The quantitative estimate of drug-likeness (QED) is 0.771. The third-order valence-electron chi connectivity index (χ3n) is 2.86. The van der Waals surface area contributed by atoms with Crippen molar-refractivity contribution in [3.05, 3.63) is 18.0 Å². The van der Waals surface area contributed by atoms with Gasteiger partial charge in [0.2, 0.25) is 10.0 Å². The van der Waals surface area contributed by atoms with Crippen molar-refractivity contribution >= 4 is 10.0 Å². The summed E-state index contributed by atoms with van der Waals surface area (Å²) in [6.45, 7) is 1.25. The van der Waals surface area contributed by atoms with E-state index in [4.69, 9.17) is 0 Å². The molecule has 0 aliphatic carbocycles. The fourth-order valence-electron chi connectivity index (χ4n) is 1.95. The zero-order valence-electron chi connectivity index (χ0n) is 9.46. The maximum absolute atomic E-state index is 11.7. The number of rotatable bonds is 3. The van der Waals surface area contributed by atoms with E-state index >= 15 is 0 Å². The first-order valence-corrected chi connectivity index (χ1v) is 7.14. The molecule has 5 nitrogen and oxygen atoms in total. The lowest BCUT2D eigenvalue weighted by atomic mass is 10.2. The number of hydrogen-bond donors (Lipinski definition) is 0. The van der Waals surface area contributed by atoms with Crippen LogP contribution in [0.3, 0.4) is 0 Å². The summed E-state index contributed by atoms with van der Waals surface area (Å²) in [7, 11) is -1.12. The molecule has 90 valence electrons. The van der Waals surface area contributed by atoms with Crippen LogP contribution in [0.5, 0.6) is 0 Å². The molecule has 1 saturated heterocycles. The van der Waals surface area contributed by atoms with Gasteiger partial charge in [0.15, 0.2) is 0 Å². The molecule has 0 radical (unpaired) electrons. The number of sulfonamides is 1. The van der Waals surface area contributed by atoms with E-state index in [1.165, 1.54) is 0 Å². The number of aryl methyl sites for hydroxylation is 1. The summed E-state index contributed by atoms with van der Waals surface area (Å²) >= 11 is 0. The van der Waals surface area contributed by atoms with Crippen molar-refractivity contribution in [1.29, 1.82) is 0 Å². The van der Waals surface area contributed by atoms with E-state index in [-0.39, 0.29) is 0 Å². The minimum absolute atomic E-state index is 0.306. The first kappa shape index (κ1) is 11.6. The Morgan fingerprint density at radius 3 is 2.88 bits per heavy atom. The zero-order chi connectivity index (χ0) is 11.6. The van der Waals surface area contributed by atoms with Crippen LogP contribution in [0.25, 0.3) is 0 Å². The predicted molar refractivity (Wildman–Crippen MR) is 61.5 cm³/mol. The summed E-state index contributed by atoms with van der Waals surface area (Å²) in [6, 6.07) is 0. The molecule has 0 amide bonds. The third kappa shape index (κ3) is 2.62. The average molecular weight is 243 g/mol. The summed E-state index contributed by atoms with van der Waals surface area (Å²) < 4.78 is 26.8. The summed E-state index contributed by atoms with van der Waals surface area (Å²) in [5.74, 6) is 0.306. The van der Waals surface area contributed by atoms with E-state index in [1.807, 2.05) is 13.2 Å². The van der Waals surface area contributed by atoms with Gasteiger partial charge in [-0.1, -0.05) is 0 Å². The highest BCUT2D eigenvalue weighted by Gasteiger charge is 2.25. The van der Waals surface area contributed by atoms with Gasteiger partial charge in [0.05, 0.1) is 11.9 Å². The lowest BCUT2D eigenvalue weighted by molar-refractivity contribution is 0.386. The normalized spacial score (nSPS) is 21.1. The van der Waals surface area contributed by atoms with Gasteiger partial charge in [-0.2, -0.15) is 5.10 Å². The van der Waals surface area contributed by atoms with Gasteiger partial charge in [-0.15, -0.1) is 0 Å². The van der Waals surface area contributed by atoms with Gasteiger partial charge in [-0.25, -0.2) is 12.7 Å². The molecule has 6 heteroatoms. The minimum atomic E-state index is -2.98. The molecule has 0 atom stereocenters. The second-order valence-corrected chi connectivity index (χ2v) is 6.28. The first-order valence-electron chi connectivity index (χ1n) is 5.53. The SMILES string of the molecule is Cn1cc(CCN2CCCCS2(=O)=O)cn1. The smallest absolute Gasteiger partial charge is 0.214 e. The monoisotopic (exact) mass is 243 g/mol. The molecule has 0 N–H and O–H groups in total. The average Bonchev–Trinajstić information content (AvgIpc) is 2.62. The van der Waals surface area contributed by atoms with E-state index < -0.39 is 10.0 Å². The van der Waals surface area contributed by atoms with Gasteiger partial charge in [0.25, 0.3) is 0 Å². The van der Waals surface area contributed by atoms with Crippen LogP contribution in [0.15, 0.2) is 12.4 Å². The van der Waals surface area contributed by atoms with Crippen LogP contribution in [0, 0.1) is 0 Å². The number of hydrogen-bond acceptors (Lipinski definition) is 3. The summed E-state index contributed by atoms with van der Waals surface area (Å²) in [5.41, 5.74) is 1.09. The van der Waals surface area contributed by atoms with Gasteiger partial charge >= 0.3 is 0 Å². The topological polar surface area (TPSA) is 55.2 Å². The minimum Gasteiger partial charge on any atom is -0.276 e. The Morgan fingerprint density at radius 1 is 1.44 bits per heavy atom. The molecular formula is C10H17N3O2S. The van der Waals surface area contributed by atoms with Gasteiger partial charge in [0, 0.05) is 26.3 Å². The highest BCUT2D eigenvalue weighted by atomic mass is 32.2. The van der Waals surface area contributed by atoms with Crippen LogP contribution in [0.2, 0.25) is 0 Å². The summed E-state index contributed by atoms with van der Waals surface area (Å²) in [5, 5.41) is 4.07. The summed E-state index contributed by atoms with van der Waals surface area (Å²) in [6.07, 6.45) is 6.23. The Balaban J connectivity index is 1.94. The maximum atomic E-state index is 11.7. The van der Waals surface area contributed by atoms with Gasteiger partial charge in [-0.05, 0) is 24.8 Å². The molecule has 1 aromatic heterocycles. The van der Waals surface area contributed by atoms with Crippen molar-refractivity contribution in [1.82, 2.24) is 14.1 Å². The van der Waals surface area contributed by atoms with Crippen molar-refractivity contribution in [3.8, 4) is 0 Å². The van der Waals surface area contributed by atoms with Crippen molar-refractivity contribution in [2.45, 2.75) is 19.3 Å². The molecule has 16 heavy (non-hydrogen) atoms. The molecule has 1 fully saturated rings. The van der Waals surface area contributed by atoms with Crippen LogP contribution in [0.1, 0.15) is 18.4 Å². The summed E-state index contributed by atoms with van der Waals surface area (Å²) in [4.78, 5) is 0. The van der Waals surface area contributed by atoms with E-state index in [9.17, 15) is 8.42 Å². The van der Waals surface area contributed by atoms with Crippen molar-refractivity contribution in [2.75, 3.05) is 18.8 Å². The lowest BCUT2D eigenvalue weighted by Gasteiger charge is -2.25.